The SMILES string of the molecule is CCC(Oc1ccncc1)c1c(Sc2cc(Cl)cc(Cl)c2)n[nH]c1C. The standard InChI is InChI=1S/C18H17Cl2N3OS/c1-3-16(24-14-4-6-21-7-5-14)17-11(2)22-23-18(17)25-15-9-12(19)8-13(20)10-15/h4-10,16H,3H2,1-2H3,(H,22,23). The Balaban J connectivity index is 1.89. The smallest absolute Gasteiger partial charge is 0.130 e. The van der Waals surface area contributed by atoms with Crippen LogP contribution in [0.1, 0.15) is 30.7 Å². The van der Waals surface area contributed by atoms with Crippen LogP contribution in [0.5, 0.6) is 5.75 Å². The van der Waals surface area contributed by atoms with Gasteiger partial charge in [-0.2, -0.15) is 5.10 Å². The fourth-order valence-corrected chi connectivity index (χ4v) is 4.24. The predicted octanol–water partition coefficient (Wildman–Crippen LogP) is 6.10. The van der Waals surface area contributed by atoms with Crippen molar-refractivity contribution < 1.29 is 4.74 Å². The second kappa shape index (κ2) is 8.13. The molecule has 3 aromatic rings. The van der Waals surface area contributed by atoms with E-state index in [2.05, 4.69) is 22.1 Å². The molecule has 0 saturated carbocycles. The number of halogens is 2. The van der Waals surface area contributed by atoms with Crippen LogP contribution < -0.4 is 4.74 Å². The minimum absolute atomic E-state index is 0.113. The van der Waals surface area contributed by atoms with Crippen LogP contribution >= 0.6 is 35.0 Å². The molecular formula is C18H17Cl2N3OS. The first kappa shape index (κ1) is 18.1. The summed E-state index contributed by atoms with van der Waals surface area (Å²) < 4.78 is 6.15. The van der Waals surface area contributed by atoms with Crippen LogP contribution in [0.3, 0.4) is 0 Å². The lowest BCUT2D eigenvalue weighted by Gasteiger charge is -2.18. The van der Waals surface area contributed by atoms with Crippen molar-refractivity contribution in [3.63, 3.8) is 0 Å². The lowest BCUT2D eigenvalue weighted by atomic mass is 10.1. The number of hydrogen-bond acceptors (Lipinski definition) is 4. The minimum atomic E-state index is -0.113. The van der Waals surface area contributed by atoms with E-state index >= 15 is 0 Å². The first-order valence-corrected chi connectivity index (χ1v) is 9.39. The Labute approximate surface area is 160 Å². The van der Waals surface area contributed by atoms with Gasteiger partial charge < -0.3 is 4.74 Å². The Kier molecular flexibility index (Phi) is 5.89. The zero-order valence-electron chi connectivity index (χ0n) is 13.8. The molecule has 0 aliphatic carbocycles. The van der Waals surface area contributed by atoms with E-state index in [4.69, 9.17) is 27.9 Å². The number of ether oxygens (including phenoxy) is 1. The number of hydrogen-bond donors (Lipinski definition) is 1. The van der Waals surface area contributed by atoms with Crippen LogP contribution in [-0.2, 0) is 0 Å². The van der Waals surface area contributed by atoms with Crippen LogP contribution in [0.2, 0.25) is 10.0 Å². The number of aromatic nitrogens is 3. The molecule has 1 N–H and O–H groups in total. The van der Waals surface area contributed by atoms with Crippen LogP contribution in [0, 0.1) is 6.92 Å². The van der Waals surface area contributed by atoms with Gasteiger partial charge in [0.1, 0.15) is 16.9 Å². The highest BCUT2D eigenvalue weighted by molar-refractivity contribution is 7.99. The van der Waals surface area contributed by atoms with Gasteiger partial charge in [0.05, 0.1) is 0 Å². The Morgan fingerprint density at radius 3 is 2.48 bits per heavy atom. The summed E-state index contributed by atoms with van der Waals surface area (Å²) in [7, 11) is 0. The Hall–Kier alpha value is -1.69. The second-order valence-corrected chi connectivity index (χ2v) is 7.41. The van der Waals surface area contributed by atoms with Gasteiger partial charge in [0.25, 0.3) is 0 Å². The van der Waals surface area contributed by atoms with E-state index < -0.39 is 0 Å². The van der Waals surface area contributed by atoms with Crippen molar-refractivity contribution in [2.24, 2.45) is 0 Å². The fourth-order valence-electron chi connectivity index (χ4n) is 2.50. The largest absolute Gasteiger partial charge is 0.485 e. The van der Waals surface area contributed by atoms with E-state index in [0.29, 0.717) is 10.0 Å². The number of nitrogens with zero attached hydrogens (tertiary/aromatic N) is 2. The summed E-state index contributed by atoms with van der Waals surface area (Å²) >= 11 is 13.7. The Bertz CT molecular complexity index is 835. The summed E-state index contributed by atoms with van der Waals surface area (Å²) in [4.78, 5) is 4.96. The second-order valence-electron chi connectivity index (χ2n) is 5.47. The van der Waals surface area contributed by atoms with Gasteiger partial charge >= 0.3 is 0 Å². The molecule has 1 atom stereocenters. The quantitative estimate of drug-likeness (QED) is 0.549. The Morgan fingerprint density at radius 2 is 1.84 bits per heavy atom. The number of aromatic amines is 1. The zero-order chi connectivity index (χ0) is 17.8. The van der Waals surface area contributed by atoms with Gasteiger partial charge in [-0.3, -0.25) is 10.1 Å². The maximum absolute atomic E-state index is 6.15. The molecule has 2 aromatic heterocycles. The van der Waals surface area contributed by atoms with E-state index in [1.165, 1.54) is 11.8 Å². The Morgan fingerprint density at radius 1 is 1.16 bits per heavy atom. The number of pyridine rings is 1. The molecule has 0 fully saturated rings. The van der Waals surface area contributed by atoms with Crippen LogP contribution in [-0.4, -0.2) is 15.2 Å². The molecule has 0 spiro atoms. The molecule has 2 heterocycles. The summed E-state index contributed by atoms with van der Waals surface area (Å²) in [6, 6.07) is 9.15. The van der Waals surface area contributed by atoms with Crippen molar-refractivity contribution in [1.29, 1.82) is 0 Å². The summed E-state index contributed by atoms with van der Waals surface area (Å²) in [6.07, 6.45) is 4.13. The van der Waals surface area contributed by atoms with Crippen molar-refractivity contribution in [3.05, 3.63) is 64.0 Å². The van der Waals surface area contributed by atoms with Gasteiger partial charge in [0, 0.05) is 38.6 Å². The number of H-pyrrole nitrogens is 1. The van der Waals surface area contributed by atoms with Gasteiger partial charge in [-0.05, 0) is 43.7 Å². The summed E-state index contributed by atoms with van der Waals surface area (Å²) in [5.74, 6) is 0.782. The molecule has 0 aliphatic heterocycles. The topological polar surface area (TPSA) is 50.8 Å². The average Bonchev–Trinajstić information content (AvgIpc) is 2.93. The molecule has 1 unspecified atom stereocenters. The van der Waals surface area contributed by atoms with E-state index in [1.807, 2.05) is 31.2 Å². The summed E-state index contributed by atoms with van der Waals surface area (Å²) in [6.45, 7) is 4.08. The minimum Gasteiger partial charge on any atom is -0.485 e. The van der Waals surface area contributed by atoms with Crippen molar-refractivity contribution >= 4 is 35.0 Å². The van der Waals surface area contributed by atoms with Gasteiger partial charge in [0.2, 0.25) is 0 Å². The van der Waals surface area contributed by atoms with Crippen molar-refractivity contribution in [2.75, 3.05) is 0 Å². The molecule has 0 bridgehead atoms. The third-order valence-corrected chi connectivity index (χ3v) is 5.04. The highest BCUT2D eigenvalue weighted by Gasteiger charge is 2.22. The molecule has 25 heavy (non-hydrogen) atoms. The van der Waals surface area contributed by atoms with Gasteiger partial charge in [-0.1, -0.05) is 41.9 Å². The van der Waals surface area contributed by atoms with Crippen LogP contribution in [0.4, 0.5) is 0 Å². The fraction of sp³-hybridized carbons (Fsp3) is 0.222. The molecule has 7 heteroatoms. The monoisotopic (exact) mass is 393 g/mol. The summed E-state index contributed by atoms with van der Waals surface area (Å²) in [5, 5.41) is 9.56. The number of rotatable bonds is 6. The average molecular weight is 394 g/mol. The summed E-state index contributed by atoms with van der Waals surface area (Å²) in [5.41, 5.74) is 2.02. The number of benzene rings is 1. The molecule has 0 saturated heterocycles. The van der Waals surface area contributed by atoms with E-state index in [0.717, 1.165) is 33.3 Å². The van der Waals surface area contributed by atoms with Gasteiger partial charge in [-0.25, -0.2) is 0 Å². The van der Waals surface area contributed by atoms with Gasteiger partial charge in [-0.15, -0.1) is 0 Å². The normalized spacial score (nSPS) is 12.2. The third kappa shape index (κ3) is 4.48. The maximum atomic E-state index is 6.15. The highest BCUT2D eigenvalue weighted by atomic mass is 35.5. The number of nitrogens with one attached hydrogen (secondary N) is 1. The van der Waals surface area contributed by atoms with E-state index in [1.54, 1.807) is 18.5 Å². The zero-order valence-corrected chi connectivity index (χ0v) is 16.1. The van der Waals surface area contributed by atoms with Crippen LogP contribution in [0.15, 0.2) is 52.6 Å². The highest BCUT2D eigenvalue weighted by Crippen LogP contribution is 2.38. The molecule has 0 aliphatic rings. The molecule has 3 rings (SSSR count). The molecule has 0 radical (unpaired) electrons. The third-order valence-electron chi connectivity index (χ3n) is 3.63. The van der Waals surface area contributed by atoms with Gasteiger partial charge in [0.15, 0.2) is 0 Å². The maximum Gasteiger partial charge on any atom is 0.130 e. The van der Waals surface area contributed by atoms with Crippen molar-refractivity contribution in [3.8, 4) is 5.75 Å². The molecule has 130 valence electrons. The van der Waals surface area contributed by atoms with Crippen molar-refractivity contribution in [1.82, 2.24) is 15.2 Å². The lowest BCUT2D eigenvalue weighted by molar-refractivity contribution is 0.197. The first-order valence-electron chi connectivity index (χ1n) is 7.82. The molecule has 4 nitrogen and oxygen atoms in total. The van der Waals surface area contributed by atoms with Crippen molar-refractivity contribution in [2.45, 2.75) is 36.3 Å². The lowest BCUT2D eigenvalue weighted by Crippen LogP contribution is -2.08. The van der Waals surface area contributed by atoms with E-state index in [9.17, 15) is 0 Å². The molecule has 1 aromatic carbocycles. The molecule has 0 amide bonds. The van der Waals surface area contributed by atoms with E-state index in [-0.39, 0.29) is 6.10 Å². The number of aryl methyl sites for hydroxylation is 1. The molecular weight excluding hydrogens is 377 g/mol. The predicted molar refractivity (Wildman–Crippen MR) is 102 cm³/mol. The van der Waals surface area contributed by atoms with Crippen LogP contribution in [0.25, 0.3) is 0 Å². The first-order chi connectivity index (χ1) is 12.1.